The van der Waals surface area contributed by atoms with Gasteiger partial charge in [0.1, 0.15) is 29.5 Å². The molecule has 0 aromatic heterocycles. The van der Waals surface area contributed by atoms with Crippen molar-refractivity contribution < 1.29 is 27.4 Å². The molecule has 2 unspecified atom stereocenters. The second-order valence-electron chi connectivity index (χ2n) is 5.61. The summed E-state index contributed by atoms with van der Waals surface area (Å²) in [5, 5.41) is -2.26. The summed E-state index contributed by atoms with van der Waals surface area (Å²) in [6, 6.07) is 8.44. The van der Waals surface area contributed by atoms with E-state index >= 15 is 0 Å². The molecule has 136 valence electrons. The lowest BCUT2D eigenvalue weighted by atomic mass is 10.1. The van der Waals surface area contributed by atoms with Gasteiger partial charge in [0.15, 0.2) is 9.84 Å². The Kier molecular flexibility index (Phi) is 6.39. The van der Waals surface area contributed by atoms with E-state index < -0.39 is 26.3 Å². The van der Waals surface area contributed by atoms with E-state index in [2.05, 4.69) is 13.2 Å². The molecule has 1 aliphatic heterocycles. The Hall–Kier alpha value is -2.12. The van der Waals surface area contributed by atoms with Gasteiger partial charge in [0, 0.05) is 0 Å². The fourth-order valence-corrected chi connectivity index (χ4v) is 4.32. The molecule has 1 saturated heterocycles. The van der Waals surface area contributed by atoms with Crippen LogP contribution in [-0.4, -0.2) is 46.1 Å². The molecule has 1 aromatic carbocycles. The van der Waals surface area contributed by atoms with Gasteiger partial charge >= 0.3 is 5.97 Å². The predicted molar refractivity (Wildman–Crippen MR) is 93.6 cm³/mol. The van der Waals surface area contributed by atoms with Crippen LogP contribution in [0.25, 0.3) is 0 Å². The van der Waals surface area contributed by atoms with Gasteiger partial charge in [-0.15, -0.1) is 0 Å². The summed E-state index contributed by atoms with van der Waals surface area (Å²) in [5.41, 5.74) is 0.292. The summed E-state index contributed by atoms with van der Waals surface area (Å²) in [5.74, 6) is -0.663. The quantitative estimate of drug-likeness (QED) is 0.560. The second kappa shape index (κ2) is 8.31. The van der Waals surface area contributed by atoms with Crippen LogP contribution < -0.4 is 0 Å². The monoisotopic (exact) mass is 366 g/mol. The van der Waals surface area contributed by atoms with Gasteiger partial charge in [-0.1, -0.05) is 43.5 Å². The van der Waals surface area contributed by atoms with Crippen LogP contribution in [0.1, 0.15) is 17.7 Å². The Morgan fingerprint density at radius 2 is 1.60 bits per heavy atom. The van der Waals surface area contributed by atoms with E-state index in [1.54, 1.807) is 30.3 Å². The van der Waals surface area contributed by atoms with Crippen molar-refractivity contribution in [2.75, 3.05) is 26.4 Å². The maximum Gasteiger partial charge on any atom is 0.335 e. The smallest absolute Gasteiger partial charge is 0.335 e. The highest BCUT2D eigenvalue weighted by Gasteiger charge is 2.39. The van der Waals surface area contributed by atoms with Gasteiger partial charge in [0.25, 0.3) is 0 Å². The van der Waals surface area contributed by atoms with Crippen molar-refractivity contribution in [3.8, 4) is 0 Å². The standard InChI is InChI=1S/C18H22O6S/c1-13-17(16-7-5-4-6-8-16)25(20,21)15(3)14(2)23-11-9-22-10-12-24-18(13)19/h4-8,15,17H,1-2,9-12H2,3H3. The average Bonchev–Trinajstić information content (AvgIpc) is 2.60. The molecule has 1 fully saturated rings. The lowest BCUT2D eigenvalue weighted by molar-refractivity contribution is -0.140. The number of carbonyl (C=O) groups is 1. The van der Waals surface area contributed by atoms with Crippen molar-refractivity contribution in [1.29, 1.82) is 0 Å². The third-order valence-corrected chi connectivity index (χ3v) is 6.39. The van der Waals surface area contributed by atoms with Gasteiger partial charge in [-0.25, -0.2) is 13.2 Å². The zero-order chi connectivity index (χ0) is 18.4. The van der Waals surface area contributed by atoms with Crippen molar-refractivity contribution in [2.45, 2.75) is 17.4 Å². The minimum Gasteiger partial charge on any atom is -0.495 e. The zero-order valence-corrected chi connectivity index (χ0v) is 15.0. The Morgan fingerprint density at radius 1 is 1.00 bits per heavy atom. The molecule has 0 saturated carbocycles. The normalized spacial score (nSPS) is 25.7. The fraction of sp³-hybridized carbons (Fsp3) is 0.389. The number of ether oxygens (including phenoxy) is 3. The molecule has 0 aliphatic carbocycles. The molecule has 1 aromatic rings. The minimum atomic E-state index is -3.89. The van der Waals surface area contributed by atoms with Gasteiger partial charge < -0.3 is 14.2 Å². The van der Waals surface area contributed by atoms with Crippen LogP contribution in [0.5, 0.6) is 0 Å². The van der Waals surface area contributed by atoms with Crippen molar-refractivity contribution in [2.24, 2.45) is 0 Å². The Balaban J connectivity index is 2.48. The molecule has 0 spiro atoms. The predicted octanol–water partition coefficient (Wildman–Crippen LogP) is 2.19. The van der Waals surface area contributed by atoms with Crippen LogP contribution in [-0.2, 0) is 28.8 Å². The first-order valence-electron chi connectivity index (χ1n) is 7.88. The van der Waals surface area contributed by atoms with Crippen LogP contribution in [0.2, 0.25) is 0 Å². The minimum absolute atomic E-state index is 0.00983. The maximum atomic E-state index is 13.2. The van der Waals surface area contributed by atoms with Gasteiger partial charge in [-0.05, 0) is 12.5 Å². The fourth-order valence-electron chi connectivity index (χ4n) is 2.45. The molecule has 2 atom stereocenters. The Bertz CT molecular complexity index is 738. The third kappa shape index (κ3) is 4.49. The van der Waals surface area contributed by atoms with E-state index in [4.69, 9.17) is 14.2 Å². The van der Waals surface area contributed by atoms with E-state index in [0.29, 0.717) is 5.56 Å². The molecule has 0 amide bonds. The van der Waals surface area contributed by atoms with Gasteiger partial charge in [-0.3, -0.25) is 0 Å². The summed E-state index contributed by atoms with van der Waals surface area (Å²) < 4.78 is 42.1. The van der Waals surface area contributed by atoms with Crippen molar-refractivity contribution in [3.05, 3.63) is 60.4 Å². The Labute approximate surface area is 148 Å². The molecule has 7 heteroatoms. The molecular formula is C18H22O6S. The van der Waals surface area contributed by atoms with E-state index in [1.807, 2.05) is 0 Å². The van der Waals surface area contributed by atoms with Gasteiger partial charge in [-0.2, -0.15) is 0 Å². The van der Waals surface area contributed by atoms with Crippen LogP contribution in [0.3, 0.4) is 0 Å². The molecule has 1 aliphatic rings. The van der Waals surface area contributed by atoms with E-state index in [-0.39, 0.29) is 37.8 Å². The van der Waals surface area contributed by atoms with Crippen molar-refractivity contribution in [3.63, 3.8) is 0 Å². The van der Waals surface area contributed by atoms with Crippen molar-refractivity contribution >= 4 is 15.8 Å². The molecular weight excluding hydrogens is 344 g/mol. The Morgan fingerprint density at radius 3 is 2.24 bits per heavy atom. The van der Waals surface area contributed by atoms with Crippen LogP contribution in [0, 0.1) is 0 Å². The van der Waals surface area contributed by atoms with Gasteiger partial charge in [0.05, 0.1) is 18.8 Å². The summed E-state index contributed by atoms with van der Waals surface area (Å²) in [4.78, 5) is 12.3. The molecule has 25 heavy (non-hydrogen) atoms. The maximum absolute atomic E-state index is 13.2. The van der Waals surface area contributed by atoms with E-state index in [9.17, 15) is 13.2 Å². The SMILES string of the molecule is C=C1OCCOCCOC(=O)C(=C)C(c2ccccc2)S(=O)(=O)C1C. The number of sulfone groups is 1. The highest BCUT2D eigenvalue weighted by molar-refractivity contribution is 7.92. The molecule has 2 rings (SSSR count). The number of rotatable bonds is 1. The van der Waals surface area contributed by atoms with E-state index in [0.717, 1.165) is 0 Å². The van der Waals surface area contributed by atoms with Crippen LogP contribution >= 0.6 is 0 Å². The number of cyclic esters (lactones) is 1. The van der Waals surface area contributed by atoms with Crippen molar-refractivity contribution in [1.82, 2.24) is 0 Å². The second-order valence-corrected chi connectivity index (χ2v) is 7.97. The topological polar surface area (TPSA) is 78.9 Å². The first-order valence-corrected chi connectivity index (χ1v) is 9.49. The largest absolute Gasteiger partial charge is 0.495 e. The first-order chi connectivity index (χ1) is 11.9. The summed E-state index contributed by atoms with van der Waals surface area (Å²) in [7, 11) is -3.89. The van der Waals surface area contributed by atoms with Crippen LogP contribution in [0.4, 0.5) is 0 Å². The lowest BCUT2D eigenvalue weighted by Gasteiger charge is -2.24. The average molecular weight is 366 g/mol. The zero-order valence-electron chi connectivity index (χ0n) is 14.1. The number of esters is 1. The molecule has 1 heterocycles. The summed E-state index contributed by atoms with van der Waals surface area (Å²) >= 11 is 0. The van der Waals surface area contributed by atoms with E-state index in [1.165, 1.54) is 6.92 Å². The summed E-state index contributed by atoms with van der Waals surface area (Å²) in [6.07, 6.45) is 0. The molecule has 0 N–H and O–H groups in total. The highest BCUT2D eigenvalue weighted by atomic mass is 32.2. The molecule has 0 radical (unpaired) electrons. The highest BCUT2D eigenvalue weighted by Crippen LogP contribution is 2.34. The lowest BCUT2D eigenvalue weighted by Crippen LogP contribution is -2.30. The number of hydrogen-bond acceptors (Lipinski definition) is 6. The summed E-state index contributed by atoms with van der Waals surface area (Å²) in [6.45, 7) is 9.50. The molecule has 6 nitrogen and oxygen atoms in total. The number of carbonyl (C=O) groups excluding carboxylic acids is 1. The molecule has 0 bridgehead atoms. The first kappa shape index (κ1) is 19.2. The number of hydrogen-bond donors (Lipinski definition) is 0. The van der Waals surface area contributed by atoms with Crippen LogP contribution in [0.15, 0.2) is 54.8 Å². The third-order valence-electron chi connectivity index (χ3n) is 3.93. The van der Waals surface area contributed by atoms with Gasteiger partial charge in [0.2, 0.25) is 0 Å². The number of benzene rings is 1.